The number of hydrogen-bond donors (Lipinski definition) is 2. The first-order valence-corrected chi connectivity index (χ1v) is 9.11. The maximum atomic E-state index is 11.9. The number of imidazole rings is 1. The van der Waals surface area contributed by atoms with Gasteiger partial charge in [-0.15, -0.1) is 0 Å². The van der Waals surface area contributed by atoms with Crippen molar-refractivity contribution in [2.24, 2.45) is 0 Å². The van der Waals surface area contributed by atoms with E-state index in [9.17, 15) is 4.79 Å². The molecular weight excluding hydrogens is 308 g/mol. The molecule has 1 aromatic rings. The van der Waals surface area contributed by atoms with Crippen LogP contribution in [-0.4, -0.2) is 34.7 Å². The van der Waals surface area contributed by atoms with Crippen LogP contribution in [0.25, 0.3) is 0 Å². The molecule has 1 heterocycles. The summed E-state index contributed by atoms with van der Waals surface area (Å²) in [5, 5.41) is 2.95. The van der Waals surface area contributed by atoms with Crippen molar-refractivity contribution < 1.29 is 9.69 Å². The van der Waals surface area contributed by atoms with Gasteiger partial charge in [-0.2, -0.15) is 0 Å². The summed E-state index contributed by atoms with van der Waals surface area (Å²) < 4.78 is 5.45. The number of likely N-dealkylation sites (N-methyl/N-ethyl adjacent to an activating group) is 1. The SMILES string of the molecule is Cc1c(C)n(C2CCCC2)c(=S)n1C[NH+](C)CC(=O)NC(C)C. The number of amides is 1. The zero-order valence-corrected chi connectivity index (χ0v) is 15.9. The van der Waals surface area contributed by atoms with Gasteiger partial charge in [-0.1, -0.05) is 12.8 Å². The Morgan fingerprint density at radius 1 is 1.30 bits per heavy atom. The highest BCUT2D eigenvalue weighted by atomic mass is 32.1. The lowest BCUT2D eigenvalue weighted by molar-refractivity contribution is -0.895. The highest BCUT2D eigenvalue weighted by molar-refractivity contribution is 7.71. The van der Waals surface area contributed by atoms with E-state index >= 15 is 0 Å². The molecule has 1 amide bonds. The van der Waals surface area contributed by atoms with E-state index in [-0.39, 0.29) is 11.9 Å². The normalized spacial score (nSPS) is 17.0. The average molecular weight is 340 g/mol. The minimum Gasteiger partial charge on any atom is -0.349 e. The van der Waals surface area contributed by atoms with E-state index in [0.717, 1.165) is 16.3 Å². The molecule has 1 unspecified atom stereocenters. The topological polar surface area (TPSA) is 43.4 Å². The van der Waals surface area contributed by atoms with Crippen molar-refractivity contribution in [3.8, 4) is 0 Å². The number of nitrogens with zero attached hydrogens (tertiary/aromatic N) is 2. The van der Waals surface area contributed by atoms with Gasteiger partial charge in [-0.25, -0.2) is 0 Å². The summed E-state index contributed by atoms with van der Waals surface area (Å²) in [7, 11) is 2.05. The van der Waals surface area contributed by atoms with Crippen molar-refractivity contribution >= 4 is 18.1 Å². The monoisotopic (exact) mass is 339 g/mol. The van der Waals surface area contributed by atoms with Gasteiger partial charge < -0.3 is 14.8 Å². The molecule has 1 aliphatic rings. The molecule has 0 radical (unpaired) electrons. The van der Waals surface area contributed by atoms with Crippen LogP contribution in [0.15, 0.2) is 0 Å². The highest BCUT2D eigenvalue weighted by Crippen LogP contribution is 2.32. The Kier molecular flexibility index (Phi) is 6.03. The molecular formula is C17H31N4OS+. The van der Waals surface area contributed by atoms with Crippen LogP contribution in [0.3, 0.4) is 0 Å². The van der Waals surface area contributed by atoms with Gasteiger partial charge in [0.25, 0.3) is 5.91 Å². The maximum Gasteiger partial charge on any atom is 0.275 e. The summed E-state index contributed by atoms with van der Waals surface area (Å²) in [5.74, 6) is 0.0913. The summed E-state index contributed by atoms with van der Waals surface area (Å²) in [4.78, 5) is 13.1. The number of aromatic nitrogens is 2. The lowest BCUT2D eigenvalue weighted by Crippen LogP contribution is -3.09. The predicted molar refractivity (Wildman–Crippen MR) is 95.3 cm³/mol. The average Bonchev–Trinajstić information content (AvgIpc) is 3.02. The van der Waals surface area contributed by atoms with Gasteiger partial charge in [0.05, 0.1) is 7.05 Å². The largest absolute Gasteiger partial charge is 0.349 e. The van der Waals surface area contributed by atoms with Crippen LogP contribution in [0.5, 0.6) is 0 Å². The first-order chi connectivity index (χ1) is 10.8. The van der Waals surface area contributed by atoms with Gasteiger partial charge >= 0.3 is 0 Å². The van der Waals surface area contributed by atoms with Crippen molar-refractivity contribution in [1.29, 1.82) is 0 Å². The molecule has 2 rings (SSSR count). The van der Waals surface area contributed by atoms with Crippen LogP contribution in [0, 0.1) is 18.6 Å². The van der Waals surface area contributed by atoms with E-state index in [2.05, 4.69) is 28.3 Å². The number of nitrogens with one attached hydrogen (secondary N) is 2. The van der Waals surface area contributed by atoms with Crippen molar-refractivity contribution in [3.05, 3.63) is 16.2 Å². The molecule has 0 spiro atoms. The Bertz CT molecular complexity index is 611. The first-order valence-electron chi connectivity index (χ1n) is 8.70. The number of rotatable bonds is 6. The fourth-order valence-electron chi connectivity index (χ4n) is 3.54. The zero-order chi connectivity index (χ0) is 17.1. The molecule has 0 saturated heterocycles. The molecule has 1 aromatic heterocycles. The molecule has 130 valence electrons. The van der Waals surface area contributed by atoms with Gasteiger partial charge in [-0.05, 0) is 52.8 Å². The number of quaternary nitrogens is 1. The molecule has 23 heavy (non-hydrogen) atoms. The van der Waals surface area contributed by atoms with E-state index in [1.807, 2.05) is 20.9 Å². The van der Waals surface area contributed by atoms with Gasteiger partial charge in [0.1, 0.15) is 0 Å². The van der Waals surface area contributed by atoms with Crippen LogP contribution < -0.4 is 10.2 Å². The molecule has 1 aliphatic carbocycles. The van der Waals surface area contributed by atoms with Crippen molar-refractivity contribution in [2.75, 3.05) is 13.6 Å². The maximum absolute atomic E-state index is 11.9. The Morgan fingerprint density at radius 3 is 2.48 bits per heavy atom. The Balaban J connectivity index is 2.12. The van der Waals surface area contributed by atoms with Crippen LogP contribution >= 0.6 is 12.2 Å². The predicted octanol–water partition coefficient (Wildman–Crippen LogP) is 1.75. The summed E-state index contributed by atoms with van der Waals surface area (Å²) in [5.41, 5.74) is 2.51. The minimum absolute atomic E-state index is 0.0913. The van der Waals surface area contributed by atoms with Crippen molar-refractivity contribution in [1.82, 2.24) is 14.5 Å². The Hall–Kier alpha value is -1.14. The molecule has 6 heteroatoms. The molecule has 0 aromatic carbocycles. The molecule has 1 fully saturated rings. The van der Waals surface area contributed by atoms with E-state index in [1.54, 1.807) is 0 Å². The van der Waals surface area contributed by atoms with Crippen LogP contribution in [0.2, 0.25) is 0 Å². The van der Waals surface area contributed by atoms with Crippen LogP contribution in [0.1, 0.15) is 57.0 Å². The number of hydrogen-bond acceptors (Lipinski definition) is 2. The van der Waals surface area contributed by atoms with E-state index < -0.39 is 0 Å². The third-order valence-corrected chi connectivity index (χ3v) is 5.17. The summed E-state index contributed by atoms with van der Waals surface area (Å²) >= 11 is 5.75. The quantitative estimate of drug-likeness (QED) is 0.776. The molecule has 2 N–H and O–H groups in total. The third kappa shape index (κ3) is 4.23. The fraction of sp³-hybridized carbons (Fsp3) is 0.765. The van der Waals surface area contributed by atoms with E-state index in [4.69, 9.17) is 12.2 Å². The van der Waals surface area contributed by atoms with Crippen molar-refractivity contribution in [3.63, 3.8) is 0 Å². The second-order valence-corrected chi connectivity index (χ2v) is 7.57. The lowest BCUT2D eigenvalue weighted by Gasteiger charge is -2.17. The van der Waals surface area contributed by atoms with Gasteiger partial charge in [0.2, 0.25) is 0 Å². The lowest BCUT2D eigenvalue weighted by atomic mass is 10.2. The van der Waals surface area contributed by atoms with E-state index in [1.165, 1.54) is 37.1 Å². The molecule has 0 bridgehead atoms. The first kappa shape index (κ1) is 18.2. The molecule has 0 aliphatic heterocycles. The number of carbonyl (C=O) groups is 1. The smallest absolute Gasteiger partial charge is 0.275 e. The zero-order valence-electron chi connectivity index (χ0n) is 15.1. The van der Waals surface area contributed by atoms with Crippen LogP contribution in [0.4, 0.5) is 0 Å². The van der Waals surface area contributed by atoms with Gasteiger partial charge in [-0.3, -0.25) is 9.36 Å². The van der Waals surface area contributed by atoms with Gasteiger partial charge in [0, 0.05) is 23.5 Å². The van der Waals surface area contributed by atoms with Crippen LogP contribution in [-0.2, 0) is 11.5 Å². The van der Waals surface area contributed by atoms with E-state index in [0.29, 0.717) is 12.6 Å². The standard InChI is InChI=1S/C17H30N4OS/c1-12(2)18-16(22)10-19(5)11-20-13(3)14(4)21(17(20)23)15-8-6-7-9-15/h12,15H,6-11H2,1-5H3,(H,18,22)/p+1. The minimum atomic E-state index is 0.0913. The Labute approximate surface area is 144 Å². The number of carbonyl (C=O) groups excluding carboxylic acids is 1. The second kappa shape index (κ2) is 7.62. The third-order valence-electron chi connectivity index (χ3n) is 4.76. The van der Waals surface area contributed by atoms with Crippen molar-refractivity contribution in [2.45, 2.75) is 72.1 Å². The molecule has 1 saturated carbocycles. The molecule has 1 atom stereocenters. The molecule has 5 nitrogen and oxygen atoms in total. The van der Waals surface area contributed by atoms with Gasteiger partial charge in [0.15, 0.2) is 18.0 Å². The summed E-state index contributed by atoms with van der Waals surface area (Å²) in [6, 6.07) is 0.747. The fourth-order valence-corrected chi connectivity index (χ4v) is 4.03. The Morgan fingerprint density at radius 2 is 1.91 bits per heavy atom. The highest BCUT2D eigenvalue weighted by Gasteiger charge is 2.23. The summed E-state index contributed by atoms with van der Waals surface area (Å²) in [6.07, 6.45) is 5.07. The second-order valence-electron chi connectivity index (χ2n) is 7.20. The summed E-state index contributed by atoms with van der Waals surface area (Å²) in [6.45, 7) is 9.47.